The molecule has 1 aromatic rings. The van der Waals surface area contributed by atoms with Crippen LogP contribution in [0, 0.1) is 0 Å². The molecule has 0 aromatic heterocycles. The Balaban J connectivity index is 2.72. The van der Waals surface area contributed by atoms with Crippen molar-refractivity contribution in [3.05, 3.63) is 30.3 Å². The molecule has 0 fully saturated rings. The van der Waals surface area contributed by atoms with E-state index in [2.05, 4.69) is 4.72 Å². The Labute approximate surface area is 103 Å². The van der Waals surface area contributed by atoms with Gasteiger partial charge in [0.2, 0.25) is 10.0 Å². The molecule has 0 heterocycles. The van der Waals surface area contributed by atoms with Gasteiger partial charge in [-0.05, 0) is 18.6 Å². The number of nitrogens with one attached hydrogen (secondary N) is 1. The fourth-order valence-corrected chi connectivity index (χ4v) is 2.81. The standard InChI is InChI=1S/C12H19NO3S/c1-2-3-7-11(10-14)13-17(15,16)12-8-5-4-6-9-12/h4-6,8-9,11,13-14H,2-3,7,10H2,1H3/t11-/m0/s1. The van der Waals surface area contributed by atoms with E-state index in [4.69, 9.17) is 5.11 Å². The van der Waals surface area contributed by atoms with Crippen molar-refractivity contribution in [3.8, 4) is 0 Å². The van der Waals surface area contributed by atoms with E-state index >= 15 is 0 Å². The predicted octanol–water partition coefficient (Wildman–Crippen LogP) is 1.52. The van der Waals surface area contributed by atoms with Crippen molar-refractivity contribution in [1.82, 2.24) is 4.72 Å². The summed E-state index contributed by atoms with van der Waals surface area (Å²) in [6.45, 7) is 1.85. The summed E-state index contributed by atoms with van der Waals surface area (Å²) < 4.78 is 26.4. The van der Waals surface area contributed by atoms with Gasteiger partial charge in [0.1, 0.15) is 0 Å². The Morgan fingerprint density at radius 3 is 2.47 bits per heavy atom. The van der Waals surface area contributed by atoms with Crippen LogP contribution in [0.25, 0.3) is 0 Å². The molecule has 0 aliphatic carbocycles. The van der Waals surface area contributed by atoms with Gasteiger partial charge in [0.15, 0.2) is 0 Å². The zero-order chi connectivity index (χ0) is 12.7. The first-order valence-corrected chi connectivity index (χ1v) is 7.26. The average molecular weight is 257 g/mol. The SMILES string of the molecule is CCCC[C@@H](CO)NS(=O)(=O)c1ccccc1. The molecule has 0 unspecified atom stereocenters. The van der Waals surface area contributed by atoms with Gasteiger partial charge in [-0.25, -0.2) is 13.1 Å². The van der Waals surface area contributed by atoms with Crippen molar-refractivity contribution in [2.45, 2.75) is 37.1 Å². The molecule has 96 valence electrons. The summed E-state index contributed by atoms with van der Waals surface area (Å²) in [5, 5.41) is 9.14. The van der Waals surface area contributed by atoms with Crippen LogP contribution >= 0.6 is 0 Å². The molecule has 1 atom stereocenters. The highest BCUT2D eigenvalue weighted by Gasteiger charge is 2.18. The van der Waals surface area contributed by atoms with E-state index in [0.29, 0.717) is 6.42 Å². The van der Waals surface area contributed by atoms with Gasteiger partial charge in [-0.1, -0.05) is 38.0 Å². The maximum Gasteiger partial charge on any atom is 0.240 e. The molecule has 5 heteroatoms. The number of sulfonamides is 1. The zero-order valence-corrected chi connectivity index (χ0v) is 10.8. The molecule has 0 saturated carbocycles. The molecule has 0 amide bonds. The molecule has 2 N–H and O–H groups in total. The number of unbranched alkanes of at least 4 members (excludes halogenated alkanes) is 1. The third-order valence-corrected chi connectivity index (χ3v) is 4.04. The van der Waals surface area contributed by atoms with E-state index in [1.54, 1.807) is 18.2 Å². The van der Waals surface area contributed by atoms with Crippen LogP contribution in [0.5, 0.6) is 0 Å². The topological polar surface area (TPSA) is 66.4 Å². The predicted molar refractivity (Wildman–Crippen MR) is 67.2 cm³/mol. The van der Waals surface area contributed by atoms with Gasteiger partial charge in [-0.15, -0.1) is 0 Å². The van der Waals surface area contributed by atoms with Gasteiger partial charge in [-0.3, -0.25) is 0 Å². The Hall–Kier alpha value is -0.910. The Bertz CT molecular complexity index is 417. The van der Waals surface area contributed by atoms with Crippen molar-refractivity contribution in [1.29, 1.82) is 0 Å². The summed E-state index contributed by atoms with van der Waals surface area (Å²) >= 11 is 0. The second-order valence-corrected chi connectivity index (χ2v) is 5.67. The average Bonchev–Trinajstić information content (AvgIpc) is 2.35. The summed E-state index contributed by atoms with van der Waals surface area (Å²) in [6, 6.07) is 7.79. The van der Waals surface area contributed by atoms with Crippen molar-refractivity contribution in [3.63, 3.8) is 0 Å². The largest absolute Gasteiger partial charge is 0.395 e. The minimum atomic E-state index is -3.51. The molecule has 0 radical (unpaired) electrons. The molecule has 0 spiro atoms. The highest BCUT2D eigenvalue weighted by molar-refractivity contribution is 7.89. The van der Waals surface area contributed by atoms with E-state index in [-0.39, 0.29) is 11.5 Å². The van der Waals surface area contributed by atoms with Gasteiger partial charge in [0.05, 0.1) is 11.5 Å². The first kappa shape index (κ1) is 14.2. The van der Waals surface area contributed by atoms with Crippen molar-refractivity contribution >= 4 is 10.0 Å². The number of aliphatic hydroxyl groups excluding tert-OH is 1. The number of hydrogen-bond acceptors (Lipinski definition) is 3. The summed E-state index contributed by atoms with van der Waals surface area (Å²) in [5.74, 6) is 0. The van der Waals surface area contributed by atoms with Gasteiger partial charge < -0.3 is 5.11 Å². The van der Waals surface area contributed by atoms with Gasteiger partial charge in [0.25, 0.3) is 0 Å². The van der Waals surface area contributed by atoms with E-state index in [0.717, 1.165) is 12.8 Å². The van der Waals surface area contributed by atoms with Crippen LogP contribution in [0.4, 0.5) is 0 Å². The van der Waals surface area contributed by atoms with Crippen LogP contribution in [0.3, 0.4) is 0 Å². The third kappa shape index (κ3) is 4.46. The first-order valence-electron chi connectivity index (χ1n) is 5.78. The fraction of sp³-hybridized carbons (Fsp3) is 0.500. The smallest absolute Gasteiger partial charge is 0.240 e. The van der Waals surface area contributed by atoms with E-state index < -0.39 is 16.1 Å². The number of benzene rings is 1. The maximum atomic E-state index is 11.9. The summed E-state index contributed by atoms with van der Waals surface area (Å²) in [6.07, 6.45) is 2.52. The monoisotopic (exact) mass is 257 g/mol. The molecule has 1 rings (SSSR count). The van der Waals surface area contributed by atoms with Crippen LogP contribution in [-0.2, 0) is 10.0 Å². The molecule has 0 bridgehead atoms. The highest BCUT2D eigenvalue weighted by Crippen LogP contribution is 2.10. The maximum absolute atomic E-state index is 11.9. The molecular formula is C12H19NO3S. The second kappa shape index (κ2) is 6.74. The lowest BCUT2D eigenvalue weighted by molar-refractivity contribution is 0.248. The van der Waals surface area contributed by atoms with Crippen LogP contribution in [-0.4, -0.2) is 26.2 Å². The van der Waals surface area contributed by atoms with Crippen LogP contribution in [0.15, 0.2) is 35.2 Å². The van der Waals surface area contributed by atoms with E-state index in [9.17, 15) is 8.42 Å². The Kier molecular flexibility index (Phi) is 5.61. The molecular weight excluding hydrogens is 238 g/mol. The molecule has 1 aromatic carbocycles. The third-order valence-electron chi connectivity index (χ3n) is 2.50. The minimum absolute atomic E-state index is 0.175. The lowest BCUT2D eigenvalue weighted by atomic mass is 10.1. The minimum Gasteiger partial charge on any atom is -0.395 e. The Morgan fingerprint density at radius 2 is 1.94 bits per heavy atom. The lowest BCUT2D eigenvalue weighted by Gasteiger charge is -2.15. The van der Waals surface area contributed by atoms with Crippen LogP contribution in [0.1, 0.15) is 26.2 Å². The molecule has 0 saturated heterocycles. The highest BCUT2D eigenvalue weighted by atomic mass is 32.2. The quantitative estimate of drug-likeness (QED) is 0.778. The molecule has 0 aliphatic rings. The van der Waals surface area contributed by atoms with Gasteiger partial charge in [0, 0.05) is 6.04 Å². The first-order chi connectivity index (χ1) is 8.10. The van der Waals surface area contributed by atoms with Crippen LogP contribution in [0.2, 0.25) is 0 Å². The normalized spacial score (nSPS) is 13.5. The molecule has 17 heavy (non-hydrogen) atoms. The fourth-order valence-electron chi connectivity index (χ4n) is 1.53. The van der Waals surface area contributed by atoms with Crippen LogP contribution < -0.4 is 4.72 Å². The Morgan fingerprint density at radius 1 is 1.29 bits per heavy atom. The lowest BCUT2D eigenvalue weighted by Crippen LogP contribution is -2.37. The van der Waals surface area contributed by atoms with Crippen molar-refractivity contribution in [2.24, 2.45) is 0 Å². The van der Waals surface area contributed by atoms with Crippen molar-refractivity contribution < 1.29 is 13.5 Å². The van der Waals surface area contributed by atoms with Crippen molar-refractivity contribution in [2.75, 3.05) is 6.61 Å². The molecule has 0 aliphatic heterocycles. The zero-order valence-electron chi connectivity index (χ0n) is 9.96. The number of aliphatic hydroxyl groups is 1. The number of hydrogen-bond donors (Lipinski definition) is 2. The van der Waals surface area contributed by atoms with Gasteiger partial charge >= 0.3 is 0 Å². The summed E-state index contributed by atoms with van der Waals surface area (Å²) in [4.78, 5) is 0.231. The summed E-state index contributed by atoms with van der Waals surface area (Å²) in [7, 11) is -3.51. The van der Waals surface area contributed by atoms with E-state index in [1.165, 1.54) is 12.1 Å². The summed E-state index contributed by atoms with van der Waals surface area (Å²) in [5.41, 5.74) is 0. The number of rotatable bonds is 7. The van der Waals surface area contributed by atoms with Gasteiger partial charge in [-0.2, -0.15) is 0 Å². The van der Waals surface area contributed by atoms with E-state index in [1.807, 2.05) is 6.92 Å². The second-order valence-electron chi connectivity index (χ2n) is 3.96. The molecule has 4 nitrogen and oxygen atoms in total.